The lowest BCUT2D eigenvalue weighted by Gasteiger charge is -2.27. The maximum Gasteiger partial charge on any atom is 0.0980 e. The van der Waals surface area contributed by atoms with Gasteiger partial charge in [-0.2, -0.15) is 0 Å². The Labute approximate surface area is 49.7 Å². The first-order valence-electron chi connectivity index (χ1n) is 3.01. The summed E-state index contributed by atoms with van der Waals surface area (Å²) in [6.45, 7) is 4.82. The van der Waals surface area contributed by atoms with Gasteiger partial charge in [0.1, 0.15) is 0 Å². The summed E-state index contributed by atoms with van der Waals surface area (Å²) in [5.74, 6) is 0. The molecule has 1 aliphatic heterocycles. The summed E-state index contributed by atoms with van der Waals surface area (Å²) in [6, 6.07) is 0. The molecule has 0 spiro atoms. The van der Waals surface area contributed by atoms with Crippen molar-refractivity contribution in [2.24, 2.45) is 0 Å². The molecule has 0 atom stereocenters. The Morgan fingerprint density at radius 3 is 2.38 bits per heavy atom. The average Bonchev–Trinajstić information content (AvgIpc) is 1.65. The van der Waals surface area contributed by atoms with E-state index in [0.29, 0.717) is 0 Å². The standard InChI is InChI=1S/C6H12O2/c1-6(2)4-3-5-7-8-6/h3-5H2,1-2H3. The second-order valence-electron chi connectivity index (χ2n) is 2.77. The zero-order valence-electron chi connectivity index (χ0n) is 5.44. The lowest BCUT2D eigenvalue weighted by atomic mass is 10.0. The Kier molecular flexibility index (Phi) is 1.54. The maximum absolute atomic E-state index is 4.97. The molecule has 48 valence electrons. The molecule has 0 aromatic carbocycles. The maximum atomic E-state index is 4.97. The van der Waals surface area contributed by atoms with Gasteiger partial charge in [-0.1, -0.05) is 0 Å². The van der Waals surface area contributed by atoms with E-state index < -0.39 is 0 Å². The van der Waals surface area contributed by atoms with Gasteiger partial charge < -0.3 is 0 Å². The fourth-order valence-corrected chi connectivity index (χ4v) is 0.800. The van der Waals surface area contributed by atoms with Crippen molar-refractivity contribution in [3.63, 3.8) is 0 Å². The predicted octanol–water partition coefficient (Wildman–Crippen LogP) is 1.51. The monoisotopic (exact) mass is 116 g/mol. The molecule has 1 fully saturated rings. The molecule has 0 unspecified atom stereocenters. The van der Waals surface area contributed by atoms with E-state index in [2.05, 4.69) is 0 Å². The fraction of sp³-hybridized carbons (Fsp3) is 1.00. The Morgan fingerprint density at radius 1 is 1.38 bits per heavy atom. The highest BCUT2D eigenvalue weighted by Crippen LogP contribution is 2.20. The highest BCUT2D eigenvalue weighted by Gasteiger charge is 2.22. The first-order chi connectivity index (χ1) is 3.71. The molecule has 8 heavy (non-hydrogen) atoms. The summed E-state index contributed by atoms with van der Waals surface area (Å²) in [4.78, 5) is 9.75. The van der Waals surface area contributed by atoms with Crippen molar-refractivity contribution in [3.8, 4) is 0 Å². The zero-order valence-corrected chi connectivity index (χ0v) is 5.44. The average molecular weight is 116 g/mol. The van der Waals surface area contributed by atoms with Gasteiger partial charge in [0.15, 0.2) is 0 Å². The molecule has 0 N–H and O–H groups in total. The number of hydrogen-bond acceptors (Lipinski definition) is 2. The molecule has 0 aromatic rings. The molecule has 1 rings (SSSR count). The van der Waals surface area contributed by atoms with Crippen molar-refractivity contribution in [2.45, 2.75) is 32.3 Å². The fourth-order valence-electron chi connectivity index (χ4n) is 0.800. The van der Waals surface area contributed by atoms with Gasteiger partial charge in [0.2, 0.25) is 0 Å². The van der Waals surface area contributed by atoms with Gasteiger partial charge in [0, 0.05) is 0 Å². The molecule has 0 aromatic heterocycles. The predicted molar refractivity (Wildman–Crippen MR) is 30.3 cm³/mol. The second-order valence-corrected chi connectivity index (χ2v) is 2.77. The lowest BCUT2D eigenvalue weighted by molar-refractivity contribution is -0.374. The van der Waals surface area contributed by atoms with Crippen molar-refractivity contribution in [1.82, 2.24) is 0 Å². The van der Waals surface area contributed by atoms with Crippen molar-refractivity contribution in [3.05, 3.63) is 0 Å². The van der Waals surface area contributed by atoms with Crippen LogP contribution in [0.2, 0.25) is 0 Å². The molecular weight excluding hydrogens is 104 g/mol. The molecule has 2 heteroatoms. The van der Waals surface area contributed by atoms with Gasteiger partial charge in [-0.3, -0.25) is 0 Å². The topological polar surface area (TPSA) is 18.5 Å². The minimum atomic E-state index is -0.0434. The summed E-state index contributed by atoms with van der Waals surface area (Å²) < 4.78 is 0. The minimum Gasteiger partial charge on any atom is -0.236 e. The van der Waals surface area contributed by atoms with E-state index in [-0.39, 0.29) is 5.60 Å². The molecule has 0 aliphatic carbocycles. The molecule has 0 amide bonds. The molecule has 0 saturated carbocycles. The van der Waals surface area contributed by atoms with Gasteiger partial charge >= 0.3 is 0 Å². The van der Waals surface area contributed by atoms with Gasteiger partial charge in [0.25, 0.3) is 0 Å². The molecule has 0 bridgehead atoms. The van der Waals surface area contributed by atoms with E-state index in [1.807, 2.05) is 13.8 Å². The minimum absolute atomic E-state index is 0.0434. The molecule has 1 aliphatic rings. The van der Waals surface area contributed by atoms with E-state index in [4.69, 9.17) is 9.78 Å². The van der Waals surface area contributed by atoms with Crippen LogP contribution >= 0.6 is 0 Å². The van der Waals surface area contributed by atoms with E-state index in [9.17, 15) is 0 Å². The Hall–Kier alpha value is -0.0800. The lowest BCUT2D eigenvalue weighted by Crippen LogP contribution is -2.29. The van der Waals surface area contributed by atoms with Crippen LogP contribution in [0, 0.1) is 0 Å². The quantitative estimate of drug-likeness (QED) is 0.446. The third-order valence-electron chi connectivity index (χ3n) is 1.29. The summed E-state index contributed by atoms with van der Waals surface area (Å²) in [6.07, 6.45) is 2.22. The molecule has 1 saturated heterocycles. The second kappa shape index (κ2) is 2.03. The third kappa shape index (κ3) is 1.46. The SMILES string of the molecule is CC1(C)CCCOO1. The largest absolute Gasteiger partial charge is 0.236 e. The van der Waals surface area contributed by atoms with Crippen molar-refractivity contribution in [1.29, 1.82) is 0 Å². The van der Waals surface area contributed by atoms with Crippen molar-refractivity contribution >= 4 is 0 Å². The highest BCUT2D eigenvalue weighted by molar-refractivity contribution is 4.67. The van der Waals surface area contributed by atoms with E-state index in [1.54, 1.807) is 0 Å². The molecule has 0 radical (unpaired) electrons. The van der Waals surface area contributed by atoms with Gasteiger partial charge in [0.05, 0.1) is 12.2 Å². The van der Waals surface area contributed by atoms with Crippen LogP contribution in [-0.2, 0) is 9.78 Å². The van der Waals surface area contributed by atoms with Gasteiger partial charge in [-0.15, -0.1) is 0 Å². The zero-order chi connectivity index (χ0) is 6.04. The third-order valence-corrected chi connectivity index (χ3v) is 1.29. The highest BCUT2D eigenvalue weighted by atomic mass is 17.2. The first-order valence-corrected chi connectivity index (χ1v) is 3.01. The van der Waals surface area contributed by atoms with Crippen LogP contribution in [0.15, 0.2) is 0 Å². The van der Waals surface area contributed by atoms with Crippen LogP contribution in [0.4, 0.5) is 0 Å². The van der Waals surface area contributed by atoms with E-state index in [1.165, 1.54) is 0 Å². The summed E-state index contributed by atoms with van der Waals surface area (Å²) in [5.41, 5.74) is -0.0434. The molecular formula is C6H12O2. The Bertz CT molecular complexity index is 70.6. The van der Waals surface area contributed by atoms with Crippen molar-refractivity contribution in [2.75, 3.05) is 6.61 Å². The summed E-state index contributed by atoms with van der Waals surface area (Å²) in [5, 5.41) is 0. The summed E-state index contributed by atoms with van der Waals surface area (Å²) >= 11 is 0. The normalized spacial score (nSPS) is 27.8. The van der Waals surface area contributed by atoms with Crippen LogP contribution in [0.25, 0.3) is 0 Å². The first kappa shape index (κ1) is 6.05. The van der Waals surface area contributed by atoms with Crippen LogP contribution in [0.5, 0.6) is 0 Å². The Balaban J connectivity index is 2.33. The van der Waals surface area contributed by atoms with Crippen LogP contribution in [0.3, 0.4) is 0 Å². The number of rotatable bonds is 0. The van der Waals surface area contributed by atoms with E-state index >= 15 is 0 Å². The van der Waals surface area contributed by atoms with Gasteiger partial charge in [-0.25, -0.2) is 9.78 Å². The van der Waals surface area contributed by atoms with Crippen LogP contribution < -0.4 is 0 Å². The van der Waals surface area contributed by atoms with Crippen LogP contribution in [0.1, 0.15) is 26.7 Å². The molecule has 2 nitrogen and oxygen atoms in total. The van der Waals surface area contributed by atoms with Crippen LogP contribution in [-0.4, -0.2) is 12.2 Å². The van der Waals surface area contributed by atoms with E-state index in [0.717, 1.165) is 19.4 Å². The van der Waals surface area contributed by atoms with Crippen molar-refractivity contribution < 1.29 is 9.78 Å². The Morgan fingerprint density at radius 2 is 2.12 bits per heavy atom. The number of hydrogen-bond donors (Lipinski definition) is 0. The summed E-state index contributed by atoms with van der Waals surface area (Å²) in [7, 11) is 0. The van der Waals surface area contributed by atoms with Gasteiger partial charge in [-0.05, 0) is 26.7 Å². The smallest absolute Gasteiger partial charge is 0.0980 e. The molecule has 1 heterocycles.